The molecule has 122 valence electrons. The number of primary amides is 1. The molecule has 8 nitrogen and oxygen atoms in total. The van der Waals surface area contributed by atoms with Crippen molar-refractivity contribution in [3.63, 3.8) is 0 Å². The SMILES string of the molecule is CCOC(=O)c1cnc(NCc2nc(C)c(C(N)=O)s2)nc1C. The number of hydrogen-bond donors (Lipinski definition) is 2. The molecule has 2 heterocycles. The lowest BCUT2D eigenvalue weighted by Crippen LogP contribution is -2.11. The van der Waals surface area contributed by atoms with E-state index >= 15 is 0 Å². The number of rotatable bonds is 6. The molecule has 23 heavy (non-hydrogen) atoms. The van der Waals surface area contributed by atoms with Crippen molar-refractivity contribution in [1.82, 2.24) is 15.0 Å². The molecule has 9 heteroatoms. The largest absolute Gasteiger partial charge is 0.462 e. The fourth-order valence-electron chi connectivity index (χ4n) is 1.87. The van der Waals surface area contributed by atoms with E-state index < -0.39 is 11.9 Å². The molecule has 0 radical (unpaired) electrons. The fraction of sp³-hybridized carbons (Fsp3) is 0.357. The summed E-state index contributed by atoms with van der Waals surface area (Å²) in [7, 11) is 0. The highest BCUT2D eigenvalue weighted by atomic mass is 32.1. The van der Waals surface area contributed by atoms with Crippen LogP contribution in [0.2, 0.25) is 0 Å². The van der Waals surface area contributed by atoms with E-state index in [1.165, 1.54) is 17.5 Å². The average Bonchev–Trinajstić information content (AvgIpc) is 2.86. The van der Waals surface area contributed by atoms with Crippen LogP contribution in [-0.4, -0.2) is 33.4 Å². The first-order valence-corrected chi connectivity index (χ1v) is 7.74. The van der Waals surface area contributed by atoms with Crippen molar-refractivity contribution in [2.75, 3.05) is 11.9 Å². The van der Waals surface area contributed by atoms with Gasteiger partial charge in [-0.25, -0.2) is 19.7 Å². The van der Waals surface area contributed by atoms with Crippen molar-refractivity contribution in [1.29, 1.82) is 0 Å². The van der Waals surface area contributed by atoms with Crippen LogP contribution >= 0.6 is 11.3 Å². The molecule has 1 amide bonds. The lowest BCUT2D eigenvalue weighted by Gasteiger charge is -2.07. The number of carbonyl (C=O) groups excluding carboxylic acids is 2. The van der Waals surface area contributed by atoms with Crippen molar-refractivity contribution in [2.45, 2.75) is 27.3 Å². The highest BCUT2D eigenvalue weighted by Gasteiger charge is 2.14. The van der Waals surface area contributed by atoms with E-state index in [0.29, 0.717) is 45.9 Å². The first-order chi connectivity index (χ1) is 10.9. The molecule has 2 aromatic heterocycles. The molecular formula is C14H17N5O3S. The van der Waals surface area contributed by atoms with E-state index in [9.17, 15) is 9.59 Å². The van der Waals surface area contributed by atoms with E-state index in [1.807, 2.05) is 0 Å². The number of esters is 1. The van der Waals surface area contributed by atoms with Gasteiger partial charge in [-0.2, -0.15) is 0 Å². The van der Waals surface area contributed by atoms with Gasteiger partial charge in [0.25, 0.3) is 5.91 Å². The maximum absolute atomic E-state index is 11.7. The lowest BCUT2D eigenvalue weighted by molar-refractivity contribution is 0.0524. The summed E-state index contributed by atoms with van der Waals surface area (Å²) in [5, 5.41) is 3.70. The molecule has 2 rings (SSSR count). The van der Waals surface area contributed by atoms with Gasteiger partial charge in [0.2, 0.25) is 5.95 Å². The van der Waals surface area contributed by atoms with Crippen LogP contribution in [0.3, 0.4) is 0 Å². The second-order valence-corrected chi connectivity index (χ2v) is 5.74. The summed E-state index contributed by atoms with van der Waals surface area (Å²) in [5.41, 5.74) is 6.73. The van der Waals surface area contributed by atoms with Crippen molar-refractivity contribution >= 4 is 29.2 Å². The molecule has 0 unspecified atom stereocenters. The minimum absolute atomic E-state index is 0.296. The predicted octanol–water partition coefficient (Wildman–Crippen LogP) is 1.44. The van der Waals surface area contributed by atoms with Gasteiger partial charge < -0.3 is 15.8 Å². The van der Waals surface area contributed by atoms with Crippen LogP contribution in [0.1, 0.15) is 43.3 Å². The highest BCUT2D eigenvalue weighted by Crippen LogP contribution is 2.18. The number of thiazole rings is 1. The topological polar surface area (TPSA) is 120 Å². The van der Waals surface area contributed by atoms with Crippen molar-refractivity contribution in [2.24, 2.45) is 5.73 Å². The summed E-state index contributed by atoms with van der Waals surface area (Å²) in [5.74, 6) is -0.570. The Morgan fingerprint density at radius 2 is 2.04 bits per heavy atom. The zero-order valence-corrected chi connectivity index (χ0v) is 13.9. The Morgan fingerprint density at radius 1 is 1.30 bits per heavy atom. The third-order valence-electron chi connectivity index (χ3n) is 2.94. The molecule has 0 aliphatic rings. The van der Waals surface area contributed by atoms with E-state index in [0.717, 1.165) is 0 Å². The quantitative estimate of drug-likeness (QED) is 0.766. The molecule has 0 saturated heterocycles. The summed E-state index contributed by atoms with van der Waals surface area (Å²) in [4.78, 5) is 35.9. The van der Waals surface area contributed by atoms with Crippen LogP contribution in [0.4, 0.5) is 5.95 Å². The van der Waals surface area contributed by atoms with Gasteiger partial charge in [-0.3, -0.25) is 4.79 Å². The Hall–Kier alpha value is -2.55. The molecule has 0 aliphatic heterocycles. The predicted molar refractivity (Wildman–Crippen MR) is 85.4 cm³/mol. The highest BCUT2D eigenvalue weighted by molar-refractivity contribution is 7.13. The van der Waals surface area contributed by atoms with E-state index in [-0.39, 0.29) is 0 Å². The molecule has 0 aromatic carbocycles. The first kappa shape index (κ1) is 16.8. The molecular weight excluding hydrogens is 318 g/mol. The summed E-state index contributed by atoms with van der Waals surface area (Å²) in [6.45, 7) is 5.83. The van der Waals surface area contributed by atoms with Crippen LogP contribution in [-0.2, 0) is 11.3 Å². The van der Waals surface area contributed by atoms with Gasteiger partial charge >= 0.3 is 5.97 Å². The van der Waals surface area contributed by atoms with Crippen LogP contribution in [0.15, 0.2) is 6.20 Å². The Morgan fingerprint density at radius 3 is 2.61 bits per heavy atom. The number of hydrogen-bond acceptors (Lipinski definition) is 8. The Labute approximate surface area is 137 Å². The zero-order valence-electron chi connectivity index (χ0n) is 13.0. The monoisotopic (exact) mass is 335 g/mol. The summed E-state index contributed by atoms with van der Waals surface area (Å²) < 4.78 is 4.92. The van der Waals surface area contributed by atoms with Gasteiger partial charge in [-0.1, -0.05) is 0 Å². The molecule has 0 aliphatic carbocycles. The minimum Gasteiger partial charge on any atom is -0.462 e. The molecule has 0 atom stereocenters. The normalized spacial score (nSPS) is 10.4. The number of ether oxygens (including phenoxy) is 1. The van der Waals surface area contributed by atoms with Crippen LogP contribution in [0, 0.1) is 13.8 Å². The Bertz CT molecular complexity index is 744. The van der Waals surface area contributed by atoms with Gasteiger partial charge in [0.15, 0.2) is 0 Å². The van der Waals surface area contributed by atoms with E-state index in [1.54, 1.807) is 20.8 Å². The van der Waals surface area contributed by atoms with Crippen molar-refractivity contribution in [3.05, 3.63) is 33.0 Å². The number of nitrogens with two attached hydrogens (primary N) is 1. The van der Waals surface area contributed by atoms with Gasteiger partial charge in [-0.05, 0) is 20.8 Å². The minimum atomic E-state index is -0.489. The standard InChI is InChI=1S/C14H17N5O3S/c1-4-22-13(21)9-5-16-14(19-7(9)2)17-6-10-18-8(3)11(23-10)12(15)20/h5H,4,6H2,1-3H3,(H2,15,20)(H,16,17,19). The number of nitrogens with one attached hydrogen (secondary N) is 1. The van der Waals surface area contributed by atoms with E-state index in [4.69, 9.17) is 10.5 Å². The summed E-state index contributed by atoms with van der Waals surface area (Å²) >= 11 is 1.23. The number of anilines is 1. The van der Waals surface area contributed by atoms with Crippen LogP contribution in [0.25, 0.3) is 0 Å². The molecule has 0 spiro atoms. The first-order valence-electron chi connectivity index (χ1n) is 6.93. The summed E-state index contributed by atoms with van der Waals surface area (Å²) in [6.07, 6.45) is 1.42. The number of carbonyl (C=O) groups is 2. The second kappa shape index (κ2) is 7.14. The third-order valence-corrected chi connectivity index (χ3v) is 4.11. The van der Waals surface area contributed by atoms with Crippen LogP contribution < -0.4 is 11.1 Å². The van der Waals surface area contributed by atoms with E-state index in [2.05, 4.69) is 20.3 Å². The van der Waals surface area contributed by atoms with Crippen molar-refractivity contribution < 1.29 is 14.3 Å². The molecule has 0 bridgehead atoms. The number of aryl methyl sites for hydroxylation is 2. The molecule has 0 fully saturated rings. The number of nitrogens with zero attached hydrogens (tertiary/aromatic N) is 3. The smallest absolute Gasteiger partial charge is 0.341 e. The van der Waals surface area contributed by atoms with Gasteiger partial charge in [0.05, 0.1) is 30.1 Å². The number of aromatic nitrogens is 3. The van der Waals surface area contributed by atoms with Gasteiger partial charge in [0.1, 0.15) is 9.88 Å². The van der Waals surface area contributed by atoms with Gasteiger partial charge in [0, 0.05) is 6.20 Å². The lowest BCUT2D eigenvalue weighted by atomic mass is 10.2. The van der Waals surface area contributed by atoms with Crippen LogP contribution in [0.5, 0.6) is 0 Å². The van der Waals surface area contributed by atoms with Gasteiger partial charge in [-0.15, -0.1) is 11.3 Å². The van der Waals surface area contributed by atoms with Crippen molar-refractivity contribution in [3.8, 4) is 0 Å². The maximum atomic E-state index is 11.7. The second-order valence-electron chi connectivity index (χ2n) is 4.65. The maximum Gasteiger partial charge on any atom is 0.341 e. The molecule has 0 saturated carbocycles. The zero-order chi connectivity index (χ0) is 17.0. The average molecular weight is 335 g/mol. The third kappa shape index (κ3) is 4.01. The Balaban J connectivity index is 2.06. The summed E-state index contributed by atoms with van der Waals surface area (Å²) in [6, 6.07) is 0. The molecule has 2 aromatic rings. The Kier molecular flexibility index (Phi) is 5.22. The molecule has 3 N–H and O–H groups in total. The number of amides is 1. The fourth-order valence-corrected chi connectivity index (χ4v) is 2.73.